The summed E-state index contributed by atoms with van der Waals surface area (Å²) in [4.78, 5) is 14.3. The summed E-state index contributed by atoms with van der Waals surface area (Å²) in [5.74, 6) is -0.823. The summed E-state index contributed by atoms with van der Waals surface area (Å²) in [6.45, 7) is 1.91. The van der Waals surface area contributed by atoms with Gasteiger partial charge in [-0.05, 0) is 18.6 Å². The van der Waals surface area contributed by atoms with E-state index in [1.807, 2.05) is 19.1 Å². The maximum absolute atomic E-state index is 10.2. The molecule has 0 aliphatic rings. The van der Waals surface area contributed by atoms with Crippen LogP contribution in [0.1, 0.15) is 17.7 Å². The second-order valence-electron chi connectivity index (χ2n) is 2.73. The van der Waals surface area contributed by atoms with Gasteiger partial charge in [-0.3, -0.25) is 9.78 Å². The summed E-state index contributed by atoms with van der Waals surface area (Å²) in [6.07, 6.45) is 5.12. The van der Waals surface area contributed by atoms with Crippen LogP contribution >= 0.6 is 0 Å². The second kappa shape index (κ2) is 4.40. The van der Waals surface area contributed by atoms with E-state index in [2.05, 4.69) is 4.98 Å². The number of hydrogen-bond acceptors (Lipinski definition) is 2. The van der Waals surface area contributed by atoms with Crippen molar-refractivity contribution >= 4 is 12.0 Å². The van der Waals surface area contributed by atoms with Crippen LogP contribution in [0.3, 0.4) is 0 Å². The van der Waals surface area contributed by atoms with E-state index in [4.69, 9.17) is 5.11 Å². The van der Waals surface area contributed by atoms with E-state index in [1.54, 1.807) is 18.3 Å². The Kier molecular flexibility index (Phi) is 3.20. The number of aromatic nitrogens is 1. The number of rotatable bonds is 3. The third-order valence-corrected chi connectivity index (χ3v) is 1.54. The highest BCUT2D eigenvalue weighted by Gasteiger charge is 1.90. The van der Waals surface area contributed by atoms with Gasteiger partial charge in [0.25, 0.3) is 0 Å². The zero-order chi connectivity index (χ0) is 9.68. The molecule has 13 heavy (non-hydrogen) atoms. The van der Waals surface area contributed by atoms with Crippen molar-refractivity contribution in [3.8, 4) is 0 Å². The average molecular weight is 177 g/mol. The fraction of sp³-hybridized carbons (Fsp3) is 0.200. The molecule has 0 unspecified atom stereocenters. The predicted molar refractivity (Wildman–Crippen MR) is 50.3 cm³/mol. The maximum Gasteiger partial charge on any atom is 0.307 e. The number of aryl methyl sites for hydroxylation is 1. The van der Waals surface area contributed by atoms with Crippen molar-refractivity contribution in [2.45, 2.75) is 13.3 Å². The molecule has 0 radical (unpaired) electrons. The Hall–Kier alpha value is -1.64. The minimum atomic E-state index is -0.823. The molecule has 1 rings (SSSR count). The highest BCUT2D eigenvalue weighted by molar-refractivity contribution is 5.70. The van der Waals surface area contributed by atoms with E-state index >= 15 is 0 Å². The molecule has 0 amide bonds. The predicted octanol–water partition coefficient (Wildman–Crippen LogP) is 1.88. The smallest absolute Gasteiger partial charge is 0.307 e. The normalized spacial score (nSPS) is 10.5. The molecule has 3 heteroatoms. The summed E-state index contributed by atoms with van der Waals surface area (Å²) in [6, 6.07) is 3.79. The Morgan fingerprint density at radius 2 is 2.38 bits per heavy atom. The molecule has 0 aromatic carbocycles. The van der Waals surface area contributed by atoms with Crippen LogP contribution < -0.4 is 0 Å². The minimum Gasteiger partial charge on any atom is -0.481 e. The number of carbonyl (C=O) groups is 1. The van der Waals surface area contributed by atoms with Gasteiger partial charge < -0.3 is 5.11 Å². The first kappa shape index (κ1) is 9.45. The molecule has 0 fully saturated rings. The van der Waals surface area contributed by atoms with Crippen molar-refractivity contribution in [2.24, 2.45) is 0 Å². The largest absolute Gasteiger partial charge is 0.481 e. The highest BCUT2D eigenvalue weighted by Crippen LogP contribution is 2.02. The van der Waals surface area contributed by atoms with Gasteiger partial charge in [0.15, 0.2) is 0 Å². The molecule has 1 aromatic heterocycles. The van der Waals surface area contributed by atoms with Crippen LogP contribution in [0, 0.1) is 6.92 Å². The molecule has 1 heterocycles. The van der Waals surface area contributed by atoms with Crippen molar-refractivity contribution in [2.75, 3.05) is 0 Å². The van der Waals surface area contributed by atoms with Gasteiger partial charge >= 0.3 is 5.97 Å². The Morgan fingerprint density at radius 3 is 2.92 bits per heavy atom. The lowest BCUT2D eigenvalue weighted by Gasteiger charge is -1.92. The Morgan fingerprint density at radius 1 is 1.62 bits per heavy atom. The van der Waals surface area contributed by atoms with Crippen LogP contribution in [-0.2, 0) is 4.79 Å². The molecule has 0 bridgehead atoms. The van der Waals surface area contributed by atoms with Crippen LogP contribution in [0.5, 0.6) is 0 Å². The van der Waals surface area contributed by atoms with Crippen molar-refractivity contribution in [1.29, 1.82) is 0 Å². The topological polar surface area (TPSA) is 50.2 Å². The summed E-state index contributed by atoms with van der Waals surface area (Å²) < 4.78 is 0. The van der Waals surface area contributed by atoms with E-state index in [-0.39, 0.29) is 6.42 Å². The Labute approximate surface area is 76.7 Å². The molecule has 0 aliphatic heterocycles. The van der Waals surface area contributed by atoms with E-state index in [0.717, 1.165) is 11.3 Å². The minimum absolute atomic E-state index is 0.0495. The number of aliphatic carboxylic acids is 1. The van der Waals surface area contributed by atoms with Gasteiger partial charge in [-0.1, -0.05) is 18.2 Å². The fourth-order valence-corrected chi connectivity index (χ4v) is 0.874. The first-order valence-corrected chi connectivity index (χ1v) is 3.99. The highest BCUT2D eigenvalue weighted by atomic mass is 16.4. The van der Waals surface area contributed by atoms with Gasteiger partial charge in [0, 0.05) is 11.9 Å². The van der Waals surface area contributed by atoms with Gasteiger partial charge in [0.1, 0.15) is 0 Å². The van der Waals surface area contributed by atoms with Gasteiger partial charge in [-0.2, -0.15) is 0 Å². The van der Waals surface area contributed by atoms with Crippen LogP contribution in [0.2, 0.25) is 0 Å². The number of hydrogen-bond donors (Lipinski definition) is 1. The summed E-state index contributed by atoms with van der Waals surface area (Å²) in [5, 5.41) is 8.37. The molecule has 0 aliphatic carbocycles. The summed E-state index contributed by atoms with van der Waals surface area (Å²) >= 11 is 0. The first-order chi connectivity index (χ1) is 6.18. The van der Waals surface area contributed by atoms with Crippen LogP contribution in [-0.4, -0.2) is 16.1 Å². The number of carboxylic acids is 1. The lowest BCUT2D eigenvalue weighted by Crippen LogP contribution is -1.89. The van der Waals surface area contributed by atoms with E-state index < -0.39 is 5.97 Å². The lowest BCUT2D eigenvalue weighted by atomic mass is 10.2. The van der Waals surface area contributed by atoms with E-state index in [1.165, 1.54) is 0 Å². The number of pyridine rings is 1. The Bertz CT molecular complexity index is 314. The third kappa shape index (κ3) is 3.51. The third-order valence-electron chi connectivity index (χ3n) is 1.54. The average Bonchev–Trinajstić information content (AvgIpc) is 2.08. The second-order valence-corrected chi connectivity index (χ2v) is 2.73. The molecule has 0 saturated heterocycles. The monoisotopic (exact) mass is 177 g/mol. The van der Waals surface area contributed by atoms with E-state index in [0.29, 0.717) is 0 Å². The van der Waals surface area contributed by atoms with Crippen LogP contribution in [0.15, 0.2) is 24.4 Å². The van der Waals surface area contributed by atoms with Crippen molar-refractivity contribution < 1.29 is 9.90 Å². The molecule has 0 spiro atoms. The van der Waals surface area contributed by atoms with Crippen LogP contribution in [0.4, 0.5) is 0 Å². The number of nitrogens with zero attached hydrogens (tertiary/aromatic N) is 1. The first-order valence-electron chi connectivity index (χ1n) is 3.99. The SMILES string of the molecule is Cc1ccc(/C=C/CC(=O)O)cn1. The van der Waals surface area contributed by atoms with Crippen molar-refractivity contribution in [3.63, 3.8) is 0 Å². The Balaban J connectivity index is 2.59. The molecule has 1 N–H and O–H groups in total. The molecule has 3 nitrogen and oxygen atoms in total. The van der Waals surface area contributed by atoms with Crippen molar-refractivity contribution in [1.82, 2.24) is 4.98 Å². The molecule has 0 atom stereocenters. The van der Waals surface area contributed by atoms with Gasteiger partial charge in [0.2, 0.25) is 0 Å². The van der Waals surface area contributed by atoms with Crippen molar-refractivity contribution in [3.05, 3.63) is 35.7 Å². The summed E-state index contributed by atoms with van der Waals surface area (Å²) in [7, 11) is 0. The van der Waals surface area contributed by atoms with Gasteiger partial charge in [-0.25, -0.2) is 0 Å². The fourth-order valence-electron chi connectivity index (χ4n) is 0.874. The maximum atomic E-state index is 10.2. The number of carboxylic acid groups (broad SMARTS) is 1. The molecule has 1 aromatic rings. The molecule has 0 saturated carbocycles. The zero-order valence-corrected chi connectivity index (χ0v) is 7.40. The van der Waals surface area contributed by atoms with Gasteiger partial charge in [0.05, 0.1) is 6.42 Å². The lowest BCUT2D eigenvalue weighted by molar-refractivity contribution is -0.135. The molecular formula is C10H11NO2. The zero-order valence-electron chi connectivity index (χ0n) is 7.40. The molecular weight excluding hydrogens is 166 g/mol. The van der Waals surface area contributed by atoms with Crippen LogP contribution in [0.25, 0.3) is 6.08 Å². The standard InChI is InChI=1S/C10H11NO2/c1-8-5-6-9(7-11-8)3-2-4-10(12)13/h2-3,5-7H,4H2,1H3,(H,12,13)/b3-2+. The molecule has 68 valence electrons. The summed E-state index contributed by atoms with van der Waals surface area (Å²) in [5.41, 5.74) is 1.88. The van der Waals surface area contributed by atoms with Gasteiger partial charge in [-0.15, -0.1) is 0 Å². The van der Waals surface area contributed by atoms with E-state index in [9.17, 15) is 4.79 Å². The quantitative estimate of drug-likeness (QED) is 0.766.